The number of nitrogens with zero attached hydrogens (tertiary/aromatic N) is 5. The Kier molecular flexibility index (Phi) is 8.77. The summed E-state index contributed by atoms with van der Waals surface area (Å²) >= 11 is 0. The summed E-state index contributed by atoms with van der Waals surface area (Å²) in [5.41, 5.74) is 1.68. The number of alkyl halides is 6. The van der Waals surface area contributed by atoms with Crippen molar-refractivity contribution in [2.24, 2.45) is 5.41 Å². The summed E-state index contributed by atoms with van der Waals surface area (Å²) in [6, 6.07) is 11.1. The number of amides is 1. The summed E-state index contributed by atoms with van der Waals surface area (Å²) < 4.78 is 99.1. The van der Waals surface area contributed by atoms with E-state index in [-0.39, 0.29) is 48.5 Å². The third kappa shape index (κ3) is 6.78. The van der Waals surface area contributed by atoms with Gasteiger partial charge in [0.05, 0.1) is 23.6 Å². The van der Waals surface area contributed by atoms with Crippen LogP contribution in [0.3, 0.4) is 0 Å². The number of piperazine rings is 1. The topological polar surface area (TPSA) is 77.6 Å². The largest absolute Gasteiger partial charge is 0.471 e. The van der Waals surface area contributed by atoms with Gasteiger partial charge >= 0.3 is 18.3 Å². The van der Waals surface area contributed by atoms with E-state index < -0.39 is 29.6 Å². The van der Waals surface area contributed by atoms with E-state index in [0.29, 0.717) is 41.8 Å². The number of imidazole rings is 1. The smallest absolute Gasteiger partial charge is 0.384 e. The maximum atomic E-state index is 14.4. The van der Waals surface area contributed by atoms with E-state index in [9.17, 15) is 35.5 Å². The fourth-order valence-corrected chi connectivity index (χ4v) is 6.55. The number of rotatable bonds is 8. The lowest BCUT2D eigenvalue weighted by Gasteiger charge is -2.44. The van der Waals surface area contributed by atoms with Crippen LogP contribution >= 0.6 is 0 Å². The molecule has 2 fully saturated rings. The molecule has 1 aliphatic carbocycles. The summed E-state index contributed by atoms with van der Waals surface area (Å²) in [5, 5.41) is 0. The number of halogens is 7. The van der Waals surface area contributed by atoms with E-state index in [1.165, 1.54) is 0 Å². The minimum absolute atomic E-state index is 0.0416. The number of pyridine rings is 1. The van der Waals surface area contributed by atoms with Gasteiger partial charge in [0.25, 0.3) is 0 Å². The van der Waals surface area contributed by atoms with E-state index in [1.807, 2.05) is 16.8 Å². The molecule has 1 saturated heterocycles. The molecule has 1 aliphatic heterocycles. The first kappa shape index (κ1) is 33.5. The third-order valence-electron chi connectivity index (χ3n) is 9.13. The normalized spacial score (nSPS) is 16.7. The molecule has 0 bridgehead atoms. The summed E-state index contributed by atoms with van der Waals surface area (Å²) in [4.78, 5) is 28.8. The highest BCUT2D eigenvalue weighted by Crippen LogP contribution is 2.43. The van der Waals surface area contributed by atoms with Crippen LogP contribution in [-0.4, -0.2) is 85.4 Å². The fourth-order valence-electron chi connectivity index (χ4n) is 6.55. The maximum Gasteiger partial charge on any atom is 0.471 e. The average Bonchev–Trinajstić information content (AvgIpc) is 3.46. The van der Waals surface area contributed by atoms with Crippen LogP contribution in [0.5, 0.6) is 0 Å². The van der Waals surface area contributed by atoms with Gasteiger partial charge in [0.15, 0.2) is 5.65 Å². The number of hydrogen-bond donors (Lipinski definition) is 1. The number of carbonyl (C=O) groups is 1. The Morgan fingerprint density at radius 3 is 2.23 bits per heavy atom. The van der Waals surface area contributed by atoms with Crippen molar-refractivity contribution in [1.82, 2.24) is 19.9 Å². The Morgan fingerprint density at radius 2 is 1.65 bits per heavy atom. The first-order valence-electron chi connectivity index (χ1n) is 15.4. The molecule has 48 heavy (non-hydrogen) atoms. The predicted octanol–water partition coefficient (Wildman–Crippen LogP) is 6.91. The quantitative estimate of drug-likeness (QED) is 0.204. The number of H-pyrrole nitrogens is 1. The number of ether oxygens (including phenoxy) is 1. The minimum Gasteiger partial charge on any atom is -0.384 e. The average molecular weight is 679 g/mol. The monoisotopic (exact) mass is 678 g/mol. The highest BCUT2D eigenvalue weighted by atomic mass is 19.4. The molecule has 2 aromatic heterocycles. The zero-order valence-electron chi connectivity index (χ0n) is 26.2. The van der Waals surface area contributed by atoms with Crippen molar-refractivity contribution in [3.05, 3.63) is 59.9 Å². The van der Waals surface area contributed by atoms with E-state index in [2.05, 4.69) is 15.0 Å². The number of anilines is 2. The number of nitrogens with one attached hydrogen (secondary N) is 1. The van der Waals surface area contributed by atoms with Gasteiger partial charge in [-0.3, -0.25) is 4.79 Å². The van der Waals surface area contributed by atoms with Gasteiger partial charge in [-0.2, -0.15) is 26.3 Å². The van der Waals surface area contributed by atoms with Crippen molar-refractivity contribution in [3.63, 3.8) is 0 Å². The molecule has 15 heteroatoms. The van der Waals surface area contributed by atoms with Crippen molar-refractivity contribution < 1.29 is 40.3 Å². The maximum absolute atomic E-state index is 14.4. The van der Waals surface area contributed by atoms with Crippen molar-refractivity contribution in [3.8, 4) is 22.6 Å². The number of methoxy groups -OCH3 is 1. The van der Waals surface area contributed by atoms with Crippen LogP contribution < -0.4 is 9.80 Å². The van der Waals surface area contributed by atoms with Crippen LogP contribution in [-0.2, 0) is 15.7 Å². The molecule has 3 heterocycles. The van der Waals surface area contributed by atoms with Gasteiger partial charge in [0.2, 0.25) is 0 Å². The number of benzene rings is 2. The first-order valence-corrected chi connectivity index (χ1v) is 15.4. The van der Waals surface area contributed by atoms with Gasteiger partial charge in [-0.25, -0.2) is 14.4 Å². The van der Waals surface area contributed by atoms with E-state index in [1.54, 1.807) is 37.4 Å². The van der Waals surface area contributed by atoms with Gasteiger partial charge in [-0.15, -0.1) is 0 Å². The van der Waals surface area contributed by atoms with Crippen molar-refractivity contribution in [1.29, 1.82) is 0 Å². The molecule has 0 radical (unpaired) electrons. The Labute approximate surface area is 271 Å². The molecule has 8 nitrogen and oxygen atoms in total. The molecule has 0 spiro atoms. The lowest BCUT2D eigenvalue weighted by Crippen LogP contribution is -2.52. The van der Waals surface area contributed by atoms with E-state index >= 15 is 0 Å². The molecular formula is C33H33F7N6O2. The zero-order chi connectivity index (χ0) is 34.4. The number of aromatic nitrogens is 3. The second-order valence-corrected chi connectivity index (χ2v) is 12.5. The number of carbonyl (C=O) groups excluding carboxylic acids is 1. The van der Waals surface area contributed by atoms with Crippen LogP contribution in [0.15, 0.2) is 48.5 Å². The second-order valence-electron chi connectivity index (χ2n) is 12.5. The third-order valence-corrected chi connectivity index (χ3v) is 9.13. The molecule has 0 atom stereocenters. The lowest BCUT2D eigenvalue weighted by molar-refractivity contribution is -0.185. The highest BCUT2D eigenvalue weighted by Gasteiger charge is 2.43. The minimum atomic E-state index is -4.91. The van der Waals surface area contributed by atoms with Crippen molar-refractivity contribution >= 4 is 28.4 Å². The van der Waals surface area contributed by atoms with E-state index in [4.69, 9.17) is 4.74 Å². The van der Waals surface area contributed by atoms with Crippen molar-refractivity contribution in [2.75, 3.05) is 63.3 Å². The Hall–Kier alpha value is -4.40. The standard InChI is InChI=1S/C33H33F7N6O2/c1-44(18-31(19-48-2)8-3-9-31)26-17-25(21-14-22(32(35,36)37)16-23(34)15-21)41-29-27(26)42-28(43-29)20-4-6-24(7-5-20)45-10-12-46(13-11-45)30(47)33(38,39)40/h4-7,14-17H,3,8-13,18-19H2,1-2H3,(H,41,42,43). The molecule has 1 N–H and O–H groups in total. The Bertz CT molecular complexity index is 1790. The predicted molar refractivity (Wildman–Crippen MR) is 166 cm³/mol. The highest BCUT2D eigenvalue weighted by molar-refractivity contribution is 5.91. The number of aromatic amines is 1. The van der Waals surface area contributed by atoms with Crippen LogP contribution in [0, 0.1) is 11.2 Å². The van der Waals surface area contributed by atoms with Crippen LogP contribution in [0.1, 0.15) is 24.8 Å². The zero-order valence-corrected chi connectivity index (χ0v) is 26.2. The molecule has 6 rings (SSSR count). The molecule has 4 aromatic rings. The molecule has 1 saturated carbocycles. The summed E-state index contributed by atoms with van der Waals surface area (Å²) in [5.74, 6) is -2.45. The van der Waals surface area contributed by atoms with Crippen LogP contribution in [0.4, 0.5) is 42.1 Å². The van der Waals surface area contributed by atoms with Crippen molar-refractivity contribution in [2.45, 2.75) is 31.6 Å². The number of fused-ring (bicyclic) bond motifs is 1. The number of hydrogen-bond acceptors (Lipinski definition) is 6. The van der Waals surface area contributed by atoms with Gasteiger partial charge in [-0.1, -0.05) is 6.42 Å². The lowest BCUT2D eigenvalue weighted by atomic mass is 9.69. The molecule has 256 valence electrons. The first-order chi connectivity index (χ1) is 22.7. The molecule has 2 aromatic carbocycles. The fraction of sp³-hybridized carbons (Fsp3) is 0.424. The SMILES string of the molecule is COCC1(CN(C)c2cc(-c3cc(F)cc(C(F)(F)F)c3)nc3nc(-c4ccc(N5CCN(C(=O)C(F)(F)F)CC5)cc4)[nH]c23)CCC1. The summed E-state index contributed by atoms with van der Waals surface area (Å²) in [7, 11) is 3.52. The molecule has 1 amide bonds. The van der Waals surface area contributed by atoms with Crippen LogP contribution in [0.25, 0.3) is 33.8 Å². The Morgan fingerprint density at radius 1 is 0.958 bits per heavy atom. The van der Waals surface area contributed by atoms with Gasteiger partial charge in [0.1, 0.15) is 17.2 Å². The molecular weight excluding hydrogens is 645 g/mol. The molecule has 0 unspecified atom stereocenters. The van der Waals surface area contributed by atoms with Gasteiger partial charge < -0.3 is 24.4 Å². The van der Waals surface area contributed by atoms with Gasteiger partial charge in [0, 0.05) is 69.1 Å². The Balaban J connectivity index is 1.32. The summed E-state index contributed by atoms with van der Waals surface area (Å²) in [6.07, 6.45) is -6.69. The summed E-state index contributed by atoms with van der Waals surface area (Å²) in [6.45, 7) is 1.49. The second kappa shape index (κ2) is 12.6. The van der Waals surface area contributed by atoms with Crippen LogP contribution in [0.2, 0.25) is 0 Å². The van der Waals surface area contributed by atoms with E-state index in [0.717, 1.165) is 42.0 Å². The van der Waals surface area contributed by atoms with Gasteiger partial charge in [-0.05, 0) is 61.4 Å². The molecule has 2 aliphatic rings.